The van der Waals surface area contributed by atoms with E-state index in [0.717, 1.165) is 5.06 Å². The molecule has 2 aromatic carbocycles. The van der Waals surface area contributed by atoms with E-state index < -0.39 is 24.1 Å². The maximum atomic E-state index is 13.9. The molecular formula is C24H21F4N3O4. The fourth-order valence-electron chi connectivity index (χ4n) is 3.42. The van der Waals surface area contributed by atoms with Crippen LogP contribution in [0.5, 0.6) is 11.5 Å². The highest BCUT2D eigenvalue weighted by molar-refractivity contribution is 5.80. The van der Waals surface area contributed by atoms with E-state index in [4.69, 9.17) is 14.3 Å². The number of nitrogens with one attached hydrogen (secondary N) is 1. The average molecular weight is 491 g/mol. The number of hydrogen-bond donors (Lipinski definition) is 1. The van der Waals surface area contributed by atoms with Gasteiger partial charge in [0.25, 0.3) is 0 Å². The zero-order chi connectivity index (χ0) is 25.2. The third-order valence-corrected chi connectivity index (χ3v) is 4.94. The van der Waals surface area contributed by atoms with Crippen LogP contribution >= 0.6 is 0 Å². The van der Waals surface area contributed by atoms with Crippen LogP contribution in [0.3, 0.4) is 0 Å². The van der Waals surface area contributed by atoms with Gasteiger partial charge in [-0.1, -0.05) is 18.2 Å². The van der Waals surface area contributed by atoms with Crippen molar-refractivity contribution in [1.29, 1.82) is 0 Å². The lowest BCUT2D eigenvalue weighted by atomic mass is 10.1. The lowest BCUT2D eigenvalue weighted by Gasteiger charge is -2.27. The van der Waals surface area contributed by atoms with Gasteiger partial charge in [-0.15, -0.1) is 0 Å². The molecule has 0 radical (unpaired) electrons. The van der Waals surface area contributed by atoms with Gasteiger partial charge in [-0.05, 0) is 44.2 Å². The van der Waals surface area contributed by atoms with Gasteiger partial charge < -0.3 is 19.6 Å². The molecule has 0 saturated carbocycles. The summed E-state index contributed by atoms with van der Waals surface area (Å²) in [5.74, 6) is -1.95. The number of ether oxygens (including phenoxy) is 2. The quantitative estimate of drug-likeness (QED) is 0.435. The molecular weight excluding hydrogens is 470 g/mol. The summed E-state index contributed by atoms with van der Waals surface area (Å²) in [4.78, 5) is 20.5. The summed E-state index contributed by atoms with van der Waals surface area (Å²) in [6, 6.07) is 13.8. The van der Waals surface area contributed by atoms with Crippen molar-refractivity contribution < 1.29 is 36.7 Å². The molecule has 11 heteroatoms. The SMILES string of the molecule is CC(C)Oc1cc(OCc2ccccc2F)ccc1C1Nc2ncccc2N1OC(=O)C(F)(F)F. The largest absolute Gasteiger partial charge is 0.493 e. The number of nitrogens with zero attached hydrogens (tertiary/aromatic N) is 2. The Balaban J connectivity index is 1.66. The lowest BCUT2D eigenvalue weighted by molar-refractivity contribution is -0.201. The first-order valence-corrected chi connectivity index (χ1v) is 10.6. The summed E-state index contributed by atoms with van der Waals surface area (Å²) in [5.41, 5.74) is 0.863. The van der Waals surface area contributed by atoms with Crippen LogP contribution in [0.15, 0.2) is 60.8 Å². The van der Waals surface area contributed by atoms with Crippen molar-refractivity contribution in [2.24, 2.45) is 0 Å². The van der Waals surface area contributed by atoms with Crippen LogP contribution in [0.2, 0.25) is 0 Å². The second-order valence-electron chi connectivity index (χ2n) is 7.87. The maximum absolute atomic E-state index is 13.9. The Hall–Kier alpha value is -4.02. The Morgan fingerprint density at radius 1 is 1.14 bits per heavy atom. The van der Waals surface area contributed by atoms with Crippen LogP contribution < -0.4 is 19.9 Å². The standard InChI is InChI=1S/C24H21F4N3O4/c1-14(2)34-20-12-16(33-13-15-6-3-4-7-18(15)25)9-10-17(20)22-30-21-19(8-5-11-29-21)31(22)35-23(32)24(26,27)28/h3-12,14,22H,13H2,1-2H3,(H,29,30). The second kappa shape index (κ2) is 9.69. The monoisotopic (exact) mass is 491 g/mol. The molecule has 0 spiro atoms. The minimum absolute atomic E-state index is 0.0422. The molecule has 0 aliphatic carbocycles. The molecule has 3 aromatic rings. The number of alkyl halides is 3. The minimum Gasteiger partial charge on any atom is -0.490 e. The van der Waals surface area contributed by atoms with Crippen molar-refractivity contribution in [3.8, 4) is 11.5 Å². The molecule has 1 aliphatic heterocycles. The zero-order valence-electron chi connectivity index (χ0n) is 18.7. The molecule has 0 fully saturated rings. The first kappa shape index (κ1) is 24.1. The van der Waals surface area contributed by atoms with Crippen molar-refractivity contribution in [3.63, 3.8) is 0 Å². The number of hydrogen-bond acceptors (Lipinski definition) is 7. The molecule has 7 nitrogen and oxygen atoms in total. The van der Waals surface area contributed by atoms with Gasteiger partial charge in [-0.25, -0.2) is 14.2 Å². The number of carbonyl (C=O) groups is 1. The van der Waals surface area contributed by atoms with Gasteiger partial charge in [-0.2, -0.15) is 18.2 Å². The Labute approximate surface area is 198 Å². The van der Waals surface area contributed by atoms with Crippen molar-refractivity contribution in [3.05, 3.63) is 77.7 Å². The smallest absolute Gasteiger partial charge is 0.490 e. The normalized spacial score (nSPS) is 14.9. The number of aromatic nitrogens is 1. The van der Waals surface area contributed by atoms with Gasteiger partial charge in [0.15, 0.2) is 12.0 Å². The molecule has 0 saturated heterocycles. The summed E-state index contributed by atoms with van der Waals surface area (Å²) >= 11 is 0. The van der Waals surface area contributed by atoms with E-state index in [1.165, 1.54) is 30.5 Å². The number of anilines is 2. The first-order valence-electron chi connectivity index (χ1n) is 10.6. The van der Waals surface area contributed by atoms with E-state index in [1.54, 1.807) is 44.2 Å². The average Bonchev–Trinajstić information content (AvgIpc) is 3.16. The van der Waals surface area contributed by atoms with E-state index in [0.29, 0.717) is 16.9 Å². The minimum atomic E-state index is -5.20. The van der Waals surface area contributed by atoms with Gasteiger partial charge in [0.2, 0.25) is 0 Å². The highest BCUT2D eigenvalue weighted by Gasteiger charge is 2.46. The van der Waals surface area contributed by atoms with Crippen molar-refractivity contribution >= 4 is 17.5 Å². The van der Waals surface area contributed by atoms with Crippen LogP contribution in [-0.2, 0) is 16.2 Å². The fraction of sp³-hybridized carbons (Fsp3) is 0.250. The predicted octanol–water partition coefficient (Wildman–Crippen LogP) is 5.54. The van der Waals surface area contributed by atoms with Crippen molar-refractivity contribution in [2.45, 2.75) is 38.9 Å². The molecule has 4 rings (SSSR count). The summed E-state index contributed by atoms with van der Waals surface area (Å²) in [6.45, 7) is 3.51. The van der Waals surface area contributed by atoms with E-state index in [9.17, 15) is 22.4 Å². The molecule has 2 heterocycles. The zero-order valence-corrected chi connectivity index (χ0v) is 18.7. The predicted molar refractivity (Wildman–Crippen MR) is 118 cm³/mol. The number of rotatable bonds is 7. The van der Waals surface area contributed by atoms with Crippen LogP contribution in [0.4, 0.5) is 29.1 Å². The molecule has 0 amide bonds. The lowest BCUT2D eigenvalue weighted by Crippen LogP contribution is -2.37. The van der Waals surface area contributed by atoms with Crippen LogP contribution in [-0.4, -0.2) is 23.2 Å². The van der Waals surface area contributed by atoms with Crippen LogP contribution in [0.1, 0.15) is 31.1 Å². The third-order valence-electron chi connectivity index (χ3n) is 4.94. The van der Waals surface area contributed by atoms with Gasteiger partial charge in [0.1, 0.15) is 29.6 Å². The van der Waals surface area contributed by atoms with Gasteiger partial charge in [0, 0.05) is 23.4 Å². The Bertz CT molecular complexity index is 1220. The van der Waals surface area contributed by atoms with Crippen molar-refractivity contribution in [2.75, 3.05) is 10.4 Å². The Morgan fingerprint density at radius 3 is 2.63 bits per heavy atom. The highest BCUT2D eigenvalue weighted by Crippen LogP contribution is 2.44. The van der Waals surface area contributed by atoms with Crippen LogP contribution in [0, 0.1) is 5.82 Å². The van der Waals surface area contributed by atoms with E-state index >= 15 is 0 Å². The number of hydroxylamine groups is 1. The number of halogens is 4. The molecule has 1 aliphatic rings. The fourth-order valence-corrected chi connectivity index (χ4v) is 3.42. The molecule has 1 atom stereocenters. The van der Waals surface area contributed by atoms with Crippen molar-refractivity contribution in [1.82, 2.24) is 4.98 Å². The molecule has 1 N–H and O–H groups in total. The number of carbonyl (C=O) groups excluding carboxylic acids is 1. The molecule has 1 aromatic heterocycles. The summed E-state index contributed by atoms with van der Waals surface area (Å²) in [5, 5.41) is 3.76. The van der Waals surface area contributed by atoms with Gasteiger partial charge in [0.05, 0.1) is 6.10 Å². The number of benzene rings is 2. The highest BCUT2D eigenvalue weighted by atomic mass is 19.4. The number of pyridine rings is 1. The maximum Gasteiger partial charge on any atom is 0.493 e. The first-order chi connectivity index (χ1) is 16.6. The van der Waals surface area contributed by atoms with E-state index in [1.807, 2.05) is 0 Å². The Morgan fingerprint density at radius 2 is 1.91 bits per heavy atom. The van der Waals surface area contributed by atoms with Gasteiger partial charge in [-0.3, -0.25) is 0 Å². The molecule has 184 valence electrons. The topological polar surface area (TPSA) is 72.9 Å². The molecule has 35 heavy (non-hydrogen) atoms. The van der Waals surface area contributed by atoms with E-state index in [2.05, 4.69) is 10.3 Å². The third kappa shape index (κ3) is 5.39. The van der Waals surface area contributed by atoms with E-state index in [-0.39, 0.29) is 30.0 Å². The summed E-state index contributed by atoms with van der Waals surface area (Å²) in [7, 11) is 0. The number of fused-ring (bicyclic) bond motifs is 1. The second-order valence-corrected chi connectivity index (χ2v) is 7.87. The van der Waals surface area contributed by atoms with Crippen LogP contribution in [0.25, 0.3) is 0 Å². The molecule has 0 bridgehead atoms. The van der Waals surface area contributed by atoms with Gasteiger partial charge >= 0.3 is 12.1 Å². The summed E-state index contributed by atoms with van der Waals surface area (Å²) < 4.78 is 64.4. The Kier molecular flexibility index (Phi) is 6.68. The summed E-state index contributed by atoms with van der Waals surface area (Å²) in [6.07, 6.45) is -5.12. The molecule has 1 unspecified atom stereocenters.